The van der Waals surface area contributed by atoms with Gasteiger partial charge in [-0.05, 0) is 18.2 Å². The van der Waals surface area contributed by atoms with Crippen LogP contribution in [0.2, 0.25) is 0 Å². The number of carbonyl (C=O) groups is 1. The van der Waals surface area contributed by atoms with Gasteiger partial charge in [0, 0.05) is 7.05 Å². The number of aryl methyl sites for hydroxylation is 1. The Bertz CT molecular complexity index is 961. The summed E-state index contributed by atoms with van der Waals surface area (Å²) in [5.74, 6) is -0.754. The van der Waals surface area contributed by atoms with E-state index in [2.05, 4.69) is 10.1 Å². The molecule has 0 bridgehead atoms. The van der Waals surface area contributed by atoms with E-state index in [0.717, 1.165) is 10.6 Å². The molecule has 118 valence electrons. The van der Waals surface area contributed by atoms with Gasteiger partial charge in [-0.25, -0.2) is 9.37 Å². The Hall–Kier alpha value is -3.03. The number of hydrogen-bond donors (Lipinski definition) is 0. The van der Waals surface area contributed by atoms with E-state index in [1.54, 1.807) is 7.05 Å². The van der Waals surface area contributed by atoms with Crippen molar-refractivity contribution >= 4 is 16.8 Å². The molecule has 0 radical (unpaired) electrons. The summed E-state index contributed by atoms with van der Waals surface area (Å²) in [5, 5.41) is 4.27. The Morgan fingerprint density at radius 1 is 1.39 bits per heavy atom. The molecular weight excluding hydrogens is 303 g/mol. The molecule has 8 heteroatoms. The first-order valence-electron chi connectivity index (χ1n) is 6.75. The van der Waals surface area contributed by atoms with Gasteiger partial charge < -0.3 is 4.74 Å². The predicted molar refractivity (Wildman–Crippen MR) is 80.1 cm³/mol. The van der Waals surface area contributed by atoms with Crippen molar-refractivity contribution in [2.75, 3.05) is 7.11 Å². The minimum Gasteiger partial charge on any atom is -0.496 e. The molecule has 0 saturated heterocycles. The van der Waals surface area contributed by atoms with Crippen LogP contribution in [0.25, 0.3) is 11.0 Å². The fourth-order valence-electron chi connectivity index (χ4n) is 2.32. The number of aromatic nitrogens is 4. The van der Waals surface area contributed by atoms with E-state index in [1.165, 1.54) is 36.4 Å². The lowest BCUT2D eigenvalue weighted by molar-refractivity contribution is 0.0967. The number of halogens is 1. The van der Waals surface area contributed by atoms with Crippen LogP contribution in [0.1, 0.15) is 10.4 Å². The van der Waals surface area contributed by atoms with Crippen molar-refractivity contribution in [2.24, 2.45) is 7.05 Å². The second-order valence-electron chi connectivity index (χ2n) is 4.95. The maximum absolute atomic E-state index is 13.4. The van der Waals surface area contributed by atoms with Gasteiger partial charge in [-0.2, -0.15) is 5.10 Å². The summed E-state index contributed by atoms with van der Waals surface area (Å²) < 4.78 is 21.1. The average molecular weight is 316 g/mol. The highest BCUT2D eigenvalue weighted by Gasteiger charge is 2.16. The molecule has 0 aliphatic carbocycles. The number of methoxy groups -OCH3 is 1. The van der Waals surface area contributed by atoms with Crippen molar-refractivity contribution in [1.29, 1.82) is 0 Å². The minimum absolute atomic E-state index is 0.0747. The lowest BCUT2D eigenvalue weighted by atomic mass is 10.1. The molecule has 0 unspecified atom stereocenters. The Morgan fingerprint density at radius 3 is 2.91 bits per heavy atom. The summed E-state index contributed by atoms with van der Waals surface area (Å²) in [7, 11) is 3.06. The SMILES string of the molecule is COc1ccc(F)cc1C(=O)Cn1cnc2c(cnn2C)c1=O. The van der Waals surface area contributed by atoms with E-state index in [-0.39, 0.29) is 23.4 Å². The quantitative estimate of drug-likeness (QED) is 0.675. The van der Waals surface area contributed by atoms with Crippen LogP contribution in [0, 0.1) is 5.82 Å². The first-order valence-corrected chi connectivity index (χ1v) is 6.75. The maximum atomic E-state index is 13.4. The number of nitrogens with zero attached hydrogens (tertiary/aromatic N) is 4. The Balaban J connectivity index is 1.99. The highest BCUT2D eigenvalue weighted by atomic mass is 19.1. The topological polar surface area (TPSA) is 79.0 Å². The third-order valence-corrected chi connectivity index (χ3v) is 3.49. The Kier molecular flexibility index (Phi) is 3.65. The van der Waals surface area contributed by atoms with Crippen LogP contribution in [-0.2, 0) is 13.6 Å². The van der Waals surface area contributed by atoms with Crippen LogP contribution >= 0.6 is 0 Å². The number of fused-ring (bicyclic) bond motifs is 1. The lowest BCUT2D eigenvalue weighted by Crippen LogP contribution is -2.25. The normalized spacial score (nSPS) is 10.9. The van der Waals surface area contributed by atoms with E-state index < -0.39 is 11.6 Å². The van der Waals surface area contributed by atoms with Gasteiger partial charge in [0.1, 0.15) is 23.3 Å². The van der Waals surface area contributed by atoms with E-state index in [4.69, 9.17) is 4.74 Å². The number of ether oxygens (including phenoxy) is 1. The number of benzene rings is 1. The zero-order valence-corrected chi connectivity index (χ0v) is 12.5. The fraction of sp³-hybridized carbons (Fsp3) is 0.200. The smallest absolute Gasteiger partial charge is 0.264 e. The number of carbonyl (C=O) groups excluding carboxylic acids is 1. The molecule has 0 amide bonds. The monoisotopic (exact) mass is 316 g/mol. The van der Waals surface area contributed by atoms with E-state index in [1.807, 2.05) is 0 Å². The Morgan fingerprint density at radius 2 is 2.17 bits per heavy atom. The van der Waals surface area contributed by atoms with Crippen molar-refractivity contribution < 1.29 is 13.9 Å². The molecule has 3 rings (SSSR count). The van der Waals surface area contributed by atoms with E-state index in [0.29, 0.717) is 11.0 Å². The van der Waals surface area contributed by atoms with Crippen LogP contribution in [0.5, 0.6) is 5.75 Å². The molecule has 0 aliphatic rings. The summed E-state index contributed by atoms with van der Waals surface area (Å²) >= 11 is 0. The molecule has 0 aliphatic heterocycles. The van der Waals surface area contributed by atoms with Gasteiger partial charge in [0.2, 0.25) is 0 Å². The molecule has 0 N–H and O–H groups in total. The molecule has 0 atom stereocenters. The van der Waals surface area contributed by atoms with Crippen molar-refractivity contribution in [3.8, 4) is 5.75 Å². The van der Waals surface area contributed by atoms with Gasteiger partial charge >= 0.3 is 0 Å². The minimum atomic E-state index is -0.553. The number of hydrogen-bond acceptors (Lipinski definition) is 5. The Labute approximate surface area is 129 Å². The first-order chi connectivity index (χ1) is 11.0. The largest absolute Gasteiger partial charge is 0.496 e. The van der Waals surface area contributed by atoms with Gasteiger partial charge in [-0.15, -0.1) is 0 Å². The summed E-state index contributed by atoms with van der Waals surface area (Å²) in [6.07, 6.45) is 2.67. The van der Waals surface area contributed by atoms with Crippen molar-refractivity contribution in [1.82, 2.24) is 19.3 Å². The molecule has 2 heterocycles. The number of rotatable bonds is 4. The second-order valence-corrected chi connectivity index (χ2v) is 4.95. The lowest BCUT2D eigenvalue weighted by Gasteiger charge is -2.09. The highest BCUT2D eigenvalue weighted by molar-refractivity contribution is 5.98. The van der Waals surface area contributed by atoms with Crippen molar-refractivity contribution in [3.63, 3.8) is 0 Å². The second kappa shape index (κ2) is 5.64. The van der Waals surface area contributed by atoms with Crippen molar-refractivity contribution in [2.45, 2.75) is 6.54 Å². The zero-order valence-electron chi connectivity index (χ0n) is 12.5. The summed E-state index contributed by atoms with van der Waals surface area (Å²) in [5.41, 5.74) is 0.125. The van der Waals surface area contributed by atoms with Crippen LogP contribution in [0.4, 0.5) is 4.39 Å². The van der Waals surface area contributed by atoms with Crippen LogP contribution in [0.3, 0.4) is 0 Å². The van der Waals surface area contributed by atoms with Crippen LogP contribution in [0.15, 0.2) is 35.5 Å². The zero-order chi connectivity index (χ0) is 16.6. The molecule has 3 aromatic rings. The molecule has 0 saturated carbocycles. The summed E-state index contributed by atoms with van der Waals surface area (Å²) in [6, 6.07) is 3.65. The summed E-state index contributed by atoms with van der Waals surface area (Å²) in [6.45, 7) is -0.267. The molecule has 0 spiro atoms. The summed E-state index contributed by atoms with van der Waals surface area (Å²) in [4.78, 5) is 28.8. The van der Waals surface area contributed by atoms with Gasteiger partial charge in [0.25, 0.3) is 5.56 Å². The number of ketones is 1. The van der Waals surface area contributed by atoms with Gasteiger partial charge in [-0.3, -0.25) is 18.8 Å². The molecule has 2 aromatic heterocycles. The standard InChI is InChI=1S/C15H13FN4O3/c1-19-14-11(6-18-19)15(22)20(8-17-14)7-12(21)10-5-9(16)3-4-13(10)23-2/h3-6,8H,7H2,1-2H3. The third kappa shape index (κ3) is 2.59. The fourth-order valence-corrected chi connectivity index (χ4v) is 2.32. The third-order valence-electron chi connectivity index (χ3n) is 3.49. The van der Waals surface area contributed by atoms with E-state index >= 15 is 0 Å². The highest BCUT2D eigenvalue weighted by Crippen LogP contribution is 2.20. The maximum Gasteiger partial charge on any atom is 0.264 e. The van der Waals surface area contributed by atoms with Gasteiger partial charge in [0.05, 0.1) is 25.4 Å². The van der Waals surface area contributed by atoms with Gasteiger partial charge in [-0.1, -0.05) is 0 Å². The molecular formula is C15H13FN4O3. The first kappa shape index (κ1) is 14.9. The van der Waals surface area contributed by atoms with Crippen LogP contribution < -0.4 is 10.3 Å². The van der Waals surface area contributed by atoms with Crippen LogP contribution in [-0.4, -0.2) is 32.2 Å². The predicted octanol–water partition coefficient (Wildman–Crippen LogP) is 1.16. The van der Waals surface area contributed by atoms with E-state index in [9.17, 15) is 14.0 Å². The van der Waals surface area contributed by atoms with Gasteiger partial charge in [0.15, 0.2) is 11.4 Å². The molecule has 0 fully saturated rings. The number of Topliss-reactive ketones (excluding diaryl/α,β-unsaturated/α-hetero) is 1. The average Bonchev–Trinajstić information content (AvgIpc) is 2.92. The molecule has 7 nitrogen and oxygen atoms in total. The molecule has 23 heavy (non-hydrogen) atoms. The molecule has 1 aromatic carbocycles. The van der Waals surface area contributed by atoms with Crippen molar-refractivity contribution in [3.05, 3.63) is 52.5 Å².